The first-order chi connectivity index (χ1) is 13.3. The van der Waals surface area contributed by atoms with Crippen LogP contribution in [0.1, 0.15) is 57.4 Å². The van der Waals surface area contributed by atoms with Crippen LogP contribution in [0.4, 0.5) is 22.0 Å². The zero-order valence-electron chi connectivity index (χ0n) is 16.7. The molecule has 0 saturated heterocycles. The smallest absolute Gasteiger partial charge is 0.377 e. The first kappa shape index (κ1) is 25.0. The largest absolute Gasteiger partial charge is 0.500 e. The van der Waals surface area contributed by atoms with Gasteiger partial charge in [0.25, 0.3) is 0 Å². The topological polar surface area (TPSA) is 27.7 Å². The monoisotopic (exact) mass is 428 g/mol. The van der Waals surface area contributed by atoms with Gasteiger partial charge in [-0.2, -0.15) is 0 Å². The Balaban J connectivity index is 2.26. The molecule has 0 fully saturated rings. The Hall–Kier alpha value is -1.03. The molecule has 0 aliphatic heterocycles. The van der Waals surface area contributed by atoms with Crippen molar-refractivity contribution in [3.63, 3.8) is 0 Å². The molecule has 1 rings (SSSR count). The lowest BCUT2D eigenvalue weighted by molar-refractivity contribution is 0.103. The highest BCUT2D eigenvalue weighted by atomic mass is 28.4. The number of benzene rings is 1. The fourth-order valence-electron chi connectivity index (χ4n) is 3.09. The Morgan fingerprint density at radius 1 is 0.643 bits per heavy atom. The average Bonchev–Trinajstić information content (AvgIpc) is 2.70. The third kappa shape index (κ3) is 6.79. The molecule has 0 heterocycles. The van der Waals surface area contributed by atoms with Gasteiger partial charge in [0.1, 0.15) is 0 Å². The molecule has 0 aliphatic carbocycles. The van der Waals surface area contributed by atoms with Gasteiger partial charge >= 0.3 is 8.80 Å². The van der Waals surface area contributed by atoms with Crippen LogP contribution < -0.4 is 0 Å². The van der Waals surface area contributed by atoms with Crippen molar-refractivity contribution in [2.24, 2.45) is 0 Å². The lowest BCUT2D eigenvalue weighted by Gasteiger charge is -2.25. The van der Waals surface area contributed by atoms with Crippen molar-refractivity contribution in [1.82, 2.24) is 0 Å². The Morgan fingerprint density at radius 3 is 1.54 bits per heavy atom. The summed E-state index contributed by atoms with van der Waals surface area (Å²) < 4.78 is 82.9. The number of halogens is 5. The predicted octanol–water partition coefficient (Wildman–Crippen LogP) is 5.92. The van der Waals surface area contributed by atoms with E-state index in [4.69, 9.17) is 13.3 Å². The maximum Gasteiger partial charge on any atom is 0.500 e. The van der Waals surface area contributed by atoms with Gasteiger partial charge in [0.2, 0.25) is 5.82 Å². The summed E-state index contributed by atoms with van der Waals surface area (Å²) in [5, 5.41) is 0. The lowest BCUT2D eigenvalue weighted by atomic mass is 10.0. The van der Waals surface area contributed by atoms with Gasteiger partial charge in [-0.05, 0) is 26.2 Å². The highest BCUT2D eigenvalue weighted by Crippen LogP contribution is 2.25. The highest BCUT2D eigenvalue weighted by Gasteiger charge is 2.37. The molecule has 0 saturated carbocycles. The molecule has 0 bridgehead atoms. The Morgan fingerprint density at radius 2 is 1.07 bits per heavy atom. The third-order valence-electron chi connectivity index (χ3n) is 4.70. The van der Waals surface area contributed by atoms with Crippen molar-refractivity contribution in [1.29, 1.82) is 0 Å². The van der Waals surface area contributed by atoms with Crippen LogP contribution in [0.15, 0.2) is 0 Å². The molecular weight excluding hydrogens is 399 g/mol. The van der Waals surface area contributed by atoms with E-state index >= 15 is 0 Å². The van der Waals surface area contributed by atoms with E-state index in [2.05, 4.69) is 0 Å². The zero-order valence-corrected chi connectivity index (χ0v) is 17.7. The average molecular weight is 429 g/mol. The maximum atomic E-state index is 13.6. The van der Waals surface area contributed by atoms with Crippen molar-refractivity contribution in [2.75, 3.05) is 20.8 Å². The quantitative estimate of drug-likeness (QED) is 0.121. The molecule has 0 N–H and O–H groups in total. The molecule has 0 unspecified atom stereocenters. The van der Waals surface area contributed by atoms with Crippen LogP contribution in [0.5, 0.6) is 0 Å². The molecule has 1 aromatic rings. The molecule has 0 spiro atoms. The number of hydrogen-bond donors (Lipinski definition) is 0. The minimum Gasteiger partial charge on any atom is -0.377 e. The fraction of sp³-hybridized carbons (Fsp3) is 0.684. The molecular formula is C19H29F5O3Si. The molecule has 1 aromatic carbocycles. The van der Waals surface area contributed by atoms with Gasteiger partial charge < -0.3 is 13.3 Å². The SMILES string of the molecule is CCO[Si](CCCCCCCCCc1c(F)c(F)c(F)c(F)c1F)(OC)OC. The highest BCUT2D eigenvalue weighted by molar-refractivity contribution is 6.60. The summed E-state index contributed by atoms with van der Waals surface area (Å²) in [7, 11) is 0.641. The second-order valence-corrected chi connectivity index (χ2v) is 9.52. The summed E-state index contributed by atoms with van der Waals surface area (Å²) in [6.07, 6.45) is 5.49. The second-order valence-electron chi connectivity index (χ2n) is 6.55. The van der Waals surface area contributed by atoms with Crippen molar-refractivity contribution in [3.05, 3.63) is 34.6 Å². The van der Waals surface area contributed by atoms with Gasteiger partial charge in [-0.15, -0.1) is 0 Å². The molecule has 3 nitrogen and oxygen atoms in total. The second kappa shape index (κ2) is 12.5. The summed E-state index contributed by atoms with van der Waals surface area (Å²) in [6.45, 7) is 2.43. The van der Waals surface area contributed by atoms with E-state index in [9.17, 15) is 22.0 Å². The summed E-state index contributed by atoms with van der Waals surface area (Å²) in [4.78, 5) is 0. The Bertz CT molecular complexity index is 583. The first-order valence-electron chi connectivity index (χ1n) is 9.58. The maximum absolute atomic E-state index is 13.6. The van der Waals surface area contributed by atoms with Crippen LogP contribution in [0, 0.1) is 29.1 Å². The van der Waals surface area contributed by atoms with Crippen LogP contribution >= 0.6 is 0 Å². The van der Waals surface area contributed by atoms with E-state index < -0.39 is 43.5 Å². The summed E-state index contributed by atoms with van der Waals surface area (Å²) in [5.41, 5.74) is -0.729. The van der Waals surface area contributed by atoms with Crippen molar-refractivity contribution < 1.29 is 35.2 Å². The van der Waals surface area contributed by atoms with Gasteiger partial charge in [0, 0.05) is 32.4 Å². The van der Waals surface area contributed by atoms with Crippen molar-refractivity contribution in [2.45, 2.75) is 64.3 Å². The first-order valence-corrected chi connectivity index (χ1v) is 11.5. The van der Waals surface area contributed by atoms with Crippen LogP contribution in [-0.4, -0.2) is 29.6 Å². The molecule has 0 aliphatic rings. The van der Waals surface area contributed by atoms with Gasteiger partial charge in [0.15, 0.2) is 23.3 Å². The minimum atomic E-state index is -2.55. The number of hydrogen-bond acceptors (Lipinski definition) is 3. The minimum absolute atomic E-state index is 0.171. The summed E-state index contributed by atoms with van der Waals surface area (Å²) in [6, 6.07) is 0.744. The van der Waals surface area contributed by atoms with Crippen LogP contribution in [-0.2, 0) is 19.7 Å². The van der Waals surface area contributed by atoms with Crippen LogP contribution in [0.3, 0.4) is 0 Å². The van der Waals surface area contributed by atoms with Crippen molar-refractivity contribution in [3.8, 4) is 0 Å². The molecule has 0 atom stereocenters. The summed E-state index contributed by atoms with van der Waals surface area (Å²) in [5.74, 6) is -9.33. The van der Waals surface area contributed by atoms with E-state index in [1.165, 1.54) is 0 Å². The zero-order chi connectivity index (χ0) is 21.2. The molecule has 162 valence electrons. The van der Waals surface area contributed by atoms with E-state index in [-0.39, 0.29) is 6.42 Å². The lowest BCUT2D eigenvalue weighted by Crippen LogP contribution is -2.43. The van der Waals surface area contributed by atoms with E-state index in [0.717, 1.165) is 38.1 Å². The normalized spacial score (nSPS) is 12.0. The molecule has 9 heteroatoms. The van der Waals surface area contributed by atoms with Crippen molar-refractivity contribution >= 4 is 8.80 Å². The Labute approximate surface area is 164 Å². The Kier molecular flexibility index (Phi) is 11.2. The van der Waals surface area contributed by atoms with E-state index in [1.807, 2.05) is 6.92 Å². The number of unbranched alkanes of at least 4 members (excludes halogenated alkanes) is 6. The molecule has 0 aromatic heterocycles. The summed E-state index contributed by atoms with van der Waals surface area (Å²) >= 11 is 0. The third-order valence-corrected chi connectivity index (χ3v) is 7.64. The van der Waals surface area contributed by atoms with Crippen LogP contribution in [0.2, 0.25) is 6.04 Å². The fourth-order valence-corrected chi connectivity index (χ4v) is 5.17. The van der Waals surface area contributed by atoms with Gasteiger partial charge in [-0.25, -0.2) is 22.0 Å². The van der Waals surface area contributed by atoms with E-state index in [0.29, 0.717) is 19.4 Å². The standard InChI is InChI=1S/C19H29F5O3Si/c1-4-27-28(25-2,26-3)13-11-9-7-5-6-8-10-12-14-15(20)17(22)19(24)18(23)16(14)21/h4-13H2,1-3H3. The van der Waals surface area contributed by atoms with Gasteiger partial charge in [-0.3, -0.25) is 0 Å². The predicted molar refractivity (Wildman–Crippen MR) is 98.5 cm³/mol. The van der Waals surface area contributed by atoms with Crippen LogP contribution in [0.25, 0.3) is 0 Å². The van der Waals surface area contributed by atoms with E-state index in [1.54, 1.807) is 14.2 Å². The molecule has 28 heavy (non-hydrogen) atoms. The molecule has 0 amide bonds. The van der Waals surface area contributed by atoms with Gasteiger partial charge in [-0.1, -0.05) is 32.1 Å². The van der Waals surface area contributed by atoms with Gasteiger partial charge in [0.05, 0.1) is 0 Å². The number of rotatable bonds is 14. The molecule has 0 radical (unpaired) electrons.